The van der Waals surface area contributed by atoms with E-state index < -0.39 is 10.0 Å². The molecule has 0 spiro atoms. The molecule has 1 aliphatic rings. The molecule has 0 unspecified atom stereocenters. The average molecular weight is 466 g/mol. The van der Waals surface area contributed by atoms with Gasteiger partial charge in [-0.1, -0.05) is 29.3 Å². The van der Waals surface area contributed by atoms with E-state index in [1.165, 1.54) is 7.11 Å². The Kier molecular flexibility index (Phi) is 7.80. The highest BCUT2D eigenvalue weighted by Crippen LogP contribution is 2.28. The van der Waals surface area contributed by atoms with Crippen LogP contribution < -0.4 is 15.4 Å². The first-order valence-electron chi connectivity index (χ1n) is 10.2. The van der Waals surface area contributed by atoms with Gasteiger partial charge in [-0.15, -0.1) is 0 Å². The van der Waals surface area contributed by atoms with E-state index in [1.807, 2.05) is 19.1 Å². The summed E-state index contributed by atoms with van der Waals surface area (Å²) in [6.45, 7) is 3.42. The summed E-state index contributed by atoms with van der Waals surface area (Å²) in [5, 5.41) is 6.09. The van der Waals surface area contributed by atoms with Crippen LogP contribution in [-0.4, -0.2) is 45.5 Å². The molecule has 0 bridgehead atoms. The van der Waals surface area contributed by atoms with Crippen molar-refractivity contribution in [1.82, 2.24) is 9.62 Å². The molecule has 1 heterocycles. The van der Waals surface area contributed by atoms with Crippen LogP contribution in [0.3, 0.4) is 0 Å². The number of anilines is 1. The maximum atomic E-state index is 12.8. The number of sulfonamides is 1. The molecule has 31 heavy (non-hydrogen) atoms. The molecule has 3 rings (SSSR count). The van der Waals surface area contributed by atoms with Crippen LogP contribution in [0.5, 0.6) is 5.75 Å². The summed E-state index contributed by atoms with van der Waals surface area (Å²) in [7, 11) is -1.92. The number of halogens is 1. The number of carbonyl (C=O) groups excluding carboxylic acids is 1. The first kappa shape index (κ1) is 23.4. The van der Waals surface area contributed by atoms with Crippen molar-refractivity contribution in [1.29, 1.82) is 0 Å². The van der Waals surface area contributed by atoms with Crippen molar-refractivity contribution >= 4 is 33.3 Å². The predicted molar refractivity (Wildman–Crippen MR) is 122 cm³/mol. The Bertz CT molecular complexity index is 1000. The fraction of sp³-hybridized carbons (Fsp3) is 0.409. The van der Waals surface area contributed by atoms with Gasteiger partial charge in [0.15, 0.2) is 0 Å². The summed E-state index contributed by atoms with van der Waals surface area (Å²) in [4.78, 5) is 12.5. The Morgan fingerprint density at radius 3 is 2.48 bits per heavy atom. The molecule has 0 radical (unpaired) electrons. The van der Waals surface area contributed by atoms with E-state index >= 15 is 0 Å². The lowest BCUT2D eigenvalue weighted by Gasteiger charge is -2.31. The van der Waals surface area contributed by atoms with Crippen LogP contribution >= 0.6 is 11.6 Å². The van der Waals surface area contributed by atoms with E-state index in [9.17, 15) is 13.2 Å². The van der Waals surface area contributed by atoms with Gasteiger partial charge >= 0.3 is 6.03 Å². The zero-order valence-electron chi connectivity index (χ0n) is 17.7. The Morgan fingerprint density at radius 2 is 1.84 bits per heavy atom. The summed E-state index contributed by atoms with van der Waals surface area (Å²) >= 11 is 5.98. The largest absolute Gasteiger partial charge is 0.495 e. The Balaban J connectivity index is 1.44. The molecule has 1 aliphatic heterocycles. The van der Waals surface area contributed by atoms with Crippen molar-refractivity contribution in [2.24, 2.45) is 5.92 Å². The second-order valence-corrected chi connectivity index (χ2v) is 10.0. The second kappa shape index (κ2) is 10.3. The third kappa shape index (κ3) is 6.12. The molecule has 0 aliphatic carbocycles. The van der Waals surface area contributed by atoms with Gasteiger partial charge in [0.1, 0.15) is 5.75 Å². The maximum Gasteiger partial charge on any atom is 0.319 e. The molecule has 2 amide bonds. The van der Waals surface area contributed by atoms with E-state index in [1.54, 1.807) is 34.6 Å². The number of methoxy groups -OCH3 is 1. The number of hydrogen-bond donors (Lipinski definition) is 2. The monoisotopic (exact) mass is 465 g/mol. The van der Waals surface area contributed by atoms with Crippen LogP contribution in [0, 0.1) is 12.8 Å². The number of amides is 2. The summed E-state index contributed by atoms with van der Waals surface area (Å²) in [6, 6.07) is 11.6. The van der Waals surface area contributed by atoms with Gasteiger partial charge in [0, 0.05) is 24.7 Å². The van der Waals surface area contributed by atoms with Crippen molar-refractivity contribution < 1.29 is 17.9 Å². The summed E-state index contributed by atoms with van der Waals surface area (Å²) in [6.07, 6.45) is 2.34. The molecule has 0 aromatic heterocycles. The second-order valence-electron chi connectivity index (χ2n) is 7.67. The Morgan fingerprint density at radius 1 is 1.16 bits per heavy atom. The zero-order chi connectivity index (χ0) is 22.4. The third-order valence-electron chi connectivity index (χ3n) is 5.48. The molecule has 168 valence electrons. The van der Waals surface area contributed by atoms with Crippen molar-refractivity contribution in [3.05, 3.63) is 53.1 Å². The number of nitrogens with zero attached hydrogens (tertiary/aromatic N) is 1. The van der Waals surface area contributed by atoms with Crippen LogP contribution in [-0.2, 0) is 10.0 Å². The third-order valence-corrected chi connectivity index (χ3v) is 7.63. The minimum atomic E-state index is -3.45. The van der Waals surface area contributed by atoms with Gasteiger partial charge < -0.3 is 15.4 Å². The molecule has 2 aromatic rings. The molecular weight excluding hydrogens is 438 g/mol. The number of ether oxygens (including phenoxy) is 1. The van der Waals surface area contributed by atoms with Crippen LogP contribution in [0.25, 0.3) is 0 Å². The number of urea groups is 1. The van der Waals surface area contributed by atoms with Gasteiger partial charge in [0.05, 0.1) is 17.7 Å². The van der Waals surface area contributed by atoms with E-state index in [4.69, 9.17) is 16.3 Å². The van der Waals surface area contributed by atoms with Gasteiger partial charge in [-0.05, 0) is 62.4 Å². The fourth-order valence-electron chi connectivity index (χ4n) is 3.63. The van der Waals surface area contributed by atoms with Crippen LogP contribution in [0.15, 0.2) is 47.4 Å². The van der Waals surface area contributed by atoms with Crippen molar-refractivity contribution in [3.8, 4) is 5.75 Å². The van der Waals surface area contributed by atoms with E-state index in [-0.39, 0.29) is 6.03 Å². The standard InChI is InChI=1S/C22H28ClN3O4S/c1-16-3-6-19(7-4-16)31(28,29)26-13-10-17(11-14-26)9-12-24-22(27)25-20-15-18(23)5-8-21(20)30-2/h3-8,15,17H,9-14H2,1-2H3,(H2,24,25,27). The van der Waals surface area contributed by atoms with Crippen molar-refractivity contribution in [2.45, 2.75) is 31.1 Å². The lowest BCUT2D eigenvalue weighted by molar-refractivity contribution is 0.245. The molecule has 0 saturated carbocycles. The molecule has 1 saturated heterocycles. The summed E-state index contributed by atoms with van der Waals surface area (Å²) < 4.78 is 32.4. The van der Waals surface area contributed by atoms with Crippen LogP contribution in [0.1, 0.15) is 24.8 Å². The number of piperidine rings is 1. The fourth-order valence-corrected chi connectivity index (χ4v) is 5.27. The minimum absolute atomic E-state index is 0.333. The number of rotatable bonds is 7. The van der Waals surface area contributed by atoms with E-state index in [2.05, 4.69) is 10.6 Å². The zero-order valence-corrected chi connectivity index (χ0v) is 19.3. The van der Waals surface area contributed by atoms with Crippen LogP contribution in [0.2, 0.25) is 5.02 Å². The minimum Gasteiger partial charge on any atom is -0.495 e. The lowest BCUT2D eigenvalue weighted by atomic mass is 9.95. The normalized spacial score (nSPS) is 15.5. The molecule has 1 fully saturated rings. The molecule has 9 heteroatoms. The van der Waals surface area contributed by atoms with Gasteiger partial charge in [-0.25, -0.2) is 13.2 Å². The van der Waals surface area contributed by atoms with Gasteiger partial charge in [0.25, 0.3) is 0 Å². The number of nitrogens with one attached hydrogen (secondary N) is 2. The van der Waals surface area contributed by atoms with Gasteiger partial charge in [-0.2, -0.15) is 4.31 Å². The smallest absolute Gasteiger partial charge is 0.319 e. The van der Waals surface area contributed by atoms with Crippen molar-refractivity contribution in [2.75, 3.05) is 32.1 Å². The Labute approximate surface area is 188 Å². The molecule has 7 nitrogen and oxygen atoms in total. The topological polar surface area (TPSA) is 87.7 Å². The summed E-state index contributed by atoms with van der Waals surface area (Å²) in [5.74, 6) is 0.896. The van der Waals surface area contributed by atoms with Gasteiger partial charge in [-0.3, -0.25) is 0 Å². The first-order valence-corrected chi connectivity index (χ1v) is 12.1. The lowest BCUT2D eigenvalue weighted by Crippen LogP contribution is -2.39. The summed E-state index contributed by atoms with van der Waals surface area (Å²) in [5.41, 5.74) is 1.53. The highest BCUT2D eigenvalue weighted by atomic mass is 35.5. The number of carbonyl (C=O) groups is 1. The molecule has 2 aromatic carbocycles. The quantitative estimate of drug-likeness (QED) is 0.639. The average Bonchev–Trinajstić information content (AvgIpc) is 2.74. The maximum absolute atomic E-state index is 12.8. The Hall–Kier alpha value is -2.29. The molecule has 0 atom stereocenters. The van der Waals surface area contributed by atoms with E-state index in [0.717, 1.165) is 24.8 Å². The molecule has 2 N–H and O–H groups in total. The van der Waals surface area contributed by atoms with Gasteiger partial charge in [0.2, 0.25) is 10.0 Å². The van der Waals surface area contributed by atoms with Crippen molar-refractivity contribution in [3.63, 3.8) is 0 Å². The van der Waals surface area contributed by atoms with Crippen LogP contribution in [0.4, 0.5) is 10.5 Å². The van der Waals surface area contributed by atoms with E-state index in [0.29, 0.717) is 46.9 Å². The first-order chi connectivity index (χ1) is 14.8. The highest BCUT2D eigenvalue weighted by Gasteiger charge is 2.29. The SMILES string of the molecule is COc1ccc(Cl)cc1NC(=O)NCCC1CCN(S(=O)(=O)c2ccc(C)cc2)CC1. The predicted octanol–water partition coefficient (Wildman–Crippen LogP) is 4.27. The number of hydrogen-bond acceptors (Lipinski definition) is 4. The number of benzene rings is 2. The molecular formula is C22H28ClN3O4S. The number of aryl methyl sites for hydroxylation is 1. The highest BCUT2D eigenvalue weighted by molar-refractivity contribution is 7.89.